The molecule has 1 aromatic heterocycles. The Balaban J connectivity index is 0.00000162. The van der Waals surface area contributed by atoms with Crippen LogP contribution in [0.15, 0.2) is 12.4 Å². The van der Waals surface area contributed by atoms with Gasteiger partial charge in [0.25, 0.3) is 0 Å². The molecule has 0 unspecified atom stereocenters. The zero-order chi connectivity index (χ0) is 12.4. The molecule has 0 radical (unpaired) electrons. The molecule has 18 heavy (non-hydrogen) atoms. The molecule has 1 saturated heterocycles. The van der Waals surface area contributed by atoms with Crippen LogP contribution >= 0.6 is 12.4 Å². The van der Waals surface area contributed by atoms with E-state index in [4.69, 9.17) is 5.73 Å². The molecule has 0 aromatic carbocycles. The summed E-state index contributed by atoms with van der Waals surface area (Å²) in [5.41, 5.74) is 6.03. The molecule has 1 aromatic rings. The summed E-state index contributed by atoms with van der Waals surface area (Å²) in [5.74, 6) is -0.296. The lowest BCUT2D eigenvalue weighted by Gasteiger charge is -2.33. The summed E-state index contributed by atoms with van der Waals surface area (Å²) in [6, 6.07) is 0. The molecule has 2 amide bonds. The molecule has 0 saturated carbocycles. The van der Waals surface area contributed by atoms with Crippen molar-refractivity contribution in [3.8, 4) is 0 Å². The van der Waals surface area contributed by atoms with E-state index in [9.17, 15) is 9.59 Å². The molecule has 100 valence electrons. The van der Waals surface area contributed by atoms with Gasteiger partial charge in [0.2, 0.25) is 11.8 Å². The normalized spacial score (nSPS) is 15.6. The number of hydrogen-bond acceptors (Lipinski definition) is 4. The van der Waals surface area contributed by atoms with Crippen LogP contribution in [0.2, 0.25) is 0 Å². The Hall–Kier alpha value is -1.60. The van der Waals surface area contributed by atoms with Crippen LogP contribution in [0.5, 0.6) is 0 Å². The van der Waals surface area contributed by atoms with Crippen molar-refractivity contribution in [2.75, 3.05) is 31.1 Å². The van der Waals surface area contributed by atoms with Crippen LogP contribution in [-0.2, 0) is 16.6 Å². The van der Waals surface area contributed by atoms with Gasteiger partial charge in [0.15, 0.2) is 0 Å². The Morgan fingerprint density at radius 2 is 2.22 bits per heavy atom. The third kappa shape index (κ3) is 2.80. The Morgan fingerprint density at radius 1 is 1.50 bits per heavy atom. The van der Waals surface area contributed by atoms with E-state index in [1.165, 1.54) is 4.90 Å². The first-order valence-corrected chi connectivity index (χ1v) is 5.38. The molecule has 0 aliphatic carbocycles. The van der Waals surface area contributed by atoms with Gasteiger partial charge in [-0.15, -0.1) is 12.4 Å². The number of nitrogens with two attached hydrogens (primary N) is 1. The summed E-state index contributed by atoms with van der Waals surface area (Å²) in [4.78, 5) is 26.4. The largest absolute Gasteiger partial charge is 0.330 e. The maximum Gasteiger partial charge on any atom is 0.246 e. The van der Waals surface area contributed by atoms with Gasteiger partial charge >= 0.3 is 0 Å². The molecular weight excluding hydrogens is 258 g/mol. The number of halogens is 1. The van der Waals surface area contributed by atoms with Crippen molar-refractivity contribution in [2.24, 2.45) is 12.8 Å². The molecule has 1 aliphatic heterocycles. The first-order valence-electron chi connectivity index (χ1n) is 5.38. The van der Waals surface area contributed by atoms with Gasteiger partial charge in [0, 0.05) is 26.3 Å². The number of carbonyl (C=O) groups is 2. The minimum absolute atomic E-state index is 0. The smallest absolute Gasteiger partial charge is 0.246 e. The fourth-order valence-corrected chi connectivity index (χ4v) is 1.84. The summed E-state index contributed by atoms with van der Waals surface area (Å²) in [6.45, 7) is 1.03. The summed E-state index contributed by atoms with van der Waals surface area (Å²) in [5, 5.41) is 4.02. The number of carbonyl (C=O) groups excluding carboxylic acids is 2. The highest BCUT2D eigenvalue weighted by molar-refractivity contribution is 5.97. The van der Waals surface area contributed by atoms with E-state index in [1.54, 1.807) is 29.0 Å². The van der Waals surface area contributed by atoms with E-state index in [1.807, 2.05) is 0 Å². The van der Waals surface area contributed by atoms with Gasteiger partial charge in [-0.1, -0.05) is 0 Å². The zero-order valence-electron chi connectivity index (χ0n) is 10.1. The molecule has 0 spiro atoms. The van der Waals surface area contributed by atoms with Crippen LogP contribution in [0.1, 0.15) is 0 Å². The SMILES string of the molecule is Cl.Cn1cc(N2CCN(C(=O)CN)CC2=O)cn1. The first kappa shape index (κ1) is 14.5. The molecule has 0 bridgehead atoms. The van der Waals surface area contributed by atoms with Crippen molar-refractivity contribution in [1.29, 1.82) is 0 Å². The molecule has 1 fully saturated rings. The van der Waals surface area contributed by atoms with E-state index in [-0.39, 0.29) is 37.3 Å². The monoisotopic (exact) mass is 273 g/mol. The summed E-state index contributed by atoms with van der Waals surface area (Å²) < 4.78 is 1.64. The van der Waals surface area contributed by atoms with Crippen LogP contribution < -0.4 is 10.6 Å². The second-order valence-corrected chi connectivity index (χ2v) is 3.94. The van der Waals surface area contributed by atoms with Crippen LogP contribution in [0.25, 0.3) is 0 Å². The third-order valence-electron chi connectivity index (χ3n) is 2.75. The summed E-state index contributed by atoms with van der Waals surface area (Å²) in [7, 11) is 1.79. The molecule has 2 rings (SSSR count). The molecule has 0 atom stereocenters. The fraction of sp³-hybridized carbons (Fsp3) is 0.500. The Labute approximate surface area is 111 Å². The Bertz CT molecular complexity index is 447. The maximum absolute atomic E-state index is 11.9. The quantitative estimate of drug-likeness (QED) is 0.747. The lowest BCUT2D eigenvalue weighted by Crippen LogP contribution is -2.53. The number of anilines is 1. The maximum atomic E-state index is 11.9. The zero-order valence-corrected chi connectivity index (χ0v) is 10.9. The predicted octanol–water partition coefficient (Wildman–Crippen LogP) is -1.02. The highest BCUT2D eigenvalue weighted by atomic mass is 35.5. The van der Waals surface area contributed by atoms with Crippen molar-refractivity contribution < 1.29 is 9.59 Å². The number of aryl methyl sites for hydroxylation is 1. The van der Waals surface area contributed by atoms with Crippen LogP contribution in [0.4, 0.5) is 5.69 Å². The molecule has 2 N–H and O–H groups in total. The third-order valence-corrected chi connectivity index (χ3v) is 2.75. The van der Waals surface area contributed by atoms with Gasteiger partial charge in [-0.2, -0.15) is 5.10 Å². The van der Waals surface area contributed by atoms with Gasteiger partial charge in [-0.05, 0) is 0 Å². The first-order chi connectivity index (χ1) is 8.11. The van der Waals surface area contributed by atoms with Gasteiger partial charge in [-0.3, -0.25) is 14.3 Å². The minimum atomic E-state index is -0.191. The molecular formula is C10H16ClN5O2. The van der Waals surface area contributed by atoms with Crippen molar-refractivity contribution in [3.05, 3.63) is 12.4 Å². The van der Waals surface area contributed by atoms with E-state index >= 15 is 0 Å². The Morgan fingerprint density at radius 3 is 2.72 bits per heavy atom. The van der Waals surface area contributed by atoms with Gasteiger partial charge < -0.3 is 15.5 Å². The van der Waals surface area contributed by atoms with E-state index < -0.39 is 0 Å². The molecule has 2 heterocycles. The van der Waals surface area contributed by atoms with Crippen LogP contribution in [0, 0.1) is 0 Å². The second kappa shape index (κ2) is 5.83. The van der Waals surface area contributed by atoms with Gasteiger partial charge in [0.05, 0.1) is 18.4 Å². The van der Waals surface area contributed by atoms with E-state index in [2.05, 4.69) is 5.10 Å². The van der Waals surface area contributed by atoms with Crippen molar-refractivity contribution in [2.45, 2.75) is 0 Å². The predicted molar refractivity (Wildman–Crippen MR) is 68.4 cm³/mol. The highest BCUT2D eigenvalue weighted by Crippen LogP contribution is 2.15. The van der Waals surface area contributed by atoms with Crippen LogP contribution in [0.3, 0.4) is 0 Å². The van der Waals surface area contributed by atoms with Crippen LogP contribution in [-0.4, -0.2) is 52.7 Å². The fourth-order valence-electron chi connectivity index (χ4n) is 1.84. The lowest BCUT2D eigenvalue weighted by molar-refractivity contribution is -0.135. The number of rotatable bonds is 2. The van der Waals surface area contributed by atoms with Gasteiger partial charge in [0.1, 0.15) is 6.54 Å². The van der Waals surface area contributed by atoms with Crippen molar-refractivity contribution in [3.63, 3.8) is 0 Å². The Kier molecular flexibility index (Phi) is 4.69. The van der Waals surface area contributed by atoms with Crippen molar-refractivity contribution in [1.82, 2.24) is 14.7 Å². The second-order valence-electron chi connectivity index (χ2n) is 3.94. The average molecular weight is 274 g/mol. The molecule has 1 aliphatic rings. The molecule has 8 heteroatoms. The minimum Gasteiger partial charge on any atom is -0.330 e. The highest BCUT2D eigenvalue weighted by Gasteiger charge is 2.27. The topological polar surface area (TPSA) is 84.5 Å². The number of piperazine rings is 1. The lowest BCUT2D eigenvalue weighted by atomic mass is 10.3. The standard InChI is InChI=1S/C10H15N5O2.ClH/c1-13-6-8(5-12-13)15-3-2-14(7-10(15)17)9(16)4-11;/h5-6H,2-4,7,11H2,1H3;1H. The number of nitrogens with zero attached hydrogens (tertiary/aromatic N) is 4. The van der Waals surface area contributed by atoms with E-state index in [0.29, 0.717) is 13.1 Å². The summed E-state index contributed by atoms with van der Waals surface area (Å²) in [6.07, 6.45) is 3.41. The summed E-state index contributed by atoms with van der Waals surface area (Å²) >= 11 is 0. The number of aromatic nitrogens is 2. The number of hydrogen-bond donors (Lipinski definition) is 1. The molecule has 7 nitrogen and oxygen atoms in total. The van der Waals surface area contributed by atoms with E-state index in [0.717, 1.165) is 5.69 Å². The van der Waals surface area contributed by atoms with Crippen molar-refractivity contribution >= 4 is 29.9 Å². The van der Waals surface area contributed by atoms with Gasteiger partial charge in [-0.25, -0.2) is 0 Å². The average Bonchev–Trinajstić information content (AvgIpc) is 2.74. The number of amides is 2.